The number of rotatable bonds is 5. The molecule has 0 atom stereocenters. The summed E-state index contributed by atoms with van der Waals surface area (Å²) in [5, 5.41) is 9.80. The maximum Gasteiger partial charge on any atom is 0.408 e. The SMILES string of the molecule is CC(C)(C)OC(=O)NC1(CNC(=O)c2cc(C3CC3)on2)CCCCC1. The monoisotopic (exact) mass is 363 g/mol. The van der Waals surface area contributed by atoms with Crippen LogP contribution in [0.3, 0.4) is 0 Å². The Morgan fingerprint density at radius 2 is 1.96 bits per heavy atom. The van der Waals surface area contributed by atoms with Crippen molar-refractivity contribution in [2.75, 3.05) is 6.54 Å². The lowest BCUT2D eigenvalue weighted by Gasteiger charge is -2.38. The van der Waals surface area contributed by atoms with E-state index in [2.05, 4.69) is 15.8 Å². The second kappa shape index (κ2) is 7.29. The van der Waals surface area contributed by atoms with Crippen LogP contribution in [0.15, 0.2) is 10.6 Å². The minimum Gasteiger partial charge on any atom is -0.444 e. The zero-order valence-corrected chi connectivity index (χ0v) is 15.9. The van der Waals surface area contributed by atoms with E-state index in [0.717, 1.165) is 50.7 Å². The van der Waals surface area contributed by atoms with E-state index in [9.17, 15) is 9.59 Å². The van der Waals surface area contributed by atoms with Crippen LogP contribution in [0.25, 0.3) is 0 Å². The molecule has 1 heterocycles. The van der Waals surface area contributed by atoms with E-state index < -0.39 is 17.2 Å². The summed E-state index contributed by atoms with van der Waals surface area (Å²) in [6.45, 7) is 5.87. The molecule has 7 heteroatoms. The highest BCUT2D eigenvalue weighted by Crippen LogP contribution is 2.40. The van der Waals surface area contributed by atoms with Crippen molar-refractivity contribution in [2.45, 2.75) is 82.8 Å². The van der Waals surface area contributed by atoms with E-state index in [4.69, 9.17) is 9.26 Å². The summed E-state index contributed by atoms with van der Waals surface area (Å²) in [4.78, 5) is 24.7. The van der Waals surface area contributed by atoms with Crippen molar-refractivity contribution in [1.82, 2.24) is 15.8 Å². The summed E-state index contributed by atoms with van der Waals surface area (Å²) in [5.74, 6) is 0.938. The van der Waals surface area contributed by atoms with Crippen molar-refractivity contribution < 1.29 is 18.8 Å². The van der Waals surface area contributed by atoms with E-state index in [-0.39, 0.29) is 5.91 Å². The highest BCUT2D eigenvalue weighted by molar-refractivity contribution is 5.92. The summed E-state index contributed by atoms with van der Waals surface area (Å²) in [6, 6.07) is 1.72. The highest BCUT2D eigenvalue weighted by atomic mass is 16.6. The smallest absolute Gasteiger partial charge is 0.408 e. The number of hydrogen-bond donors (Lipinski definition) is 2. The molecule has 0 aliphatic heterocycles. The fraction of sp³-hybridized carbons (Fsp3) is 0.737. The van der Waals surface area contributed by atoms with E-state index in [1.165, 1.54) is 0 Å². The summed E-state index contributed by atoms with van der Waals surface area (Å²) in [7, 11) is 0. The van der Waals surface area contributed by atoms with Gasteiger partial charge in [0, 0.05) is 18.5 Å². The zero-order valence-electron chi connectivity index (χ0n) is 15.9. The van der Waals surface area contributed by atoms with Gasteiger partial charge < -0.3 is 19.9 Å². The van der Waals surface area contributed by atoms with Crippen molar-refractivity contribution in [3.05, 3.63) is 17.5 Å². The molecular weight excluding hydrogens is 334 g/mol. The number of alkyl carbamates (subject to hydrolysis) is 1. The van der Waals surface area contributed by atoms with Gasteiger partial charge in [0.15, 0.2) is 5.69 Å². The fourth-order valence-electron chi connectivity index (χ4n) is 3.39. The number of hydrogen-bond acceptors (Lipinski definition) is 5. The molecule has 0 aromatic carbocycles. The molecule has 0 unspecified atom stereocenters. The molecule has 0 saturated heterocycles. The van der Waals surface area contributed by atoms with Crippen LogP contribution in [0.2, 0.25) is 0 Å². The molecule has 0 spiro atoms. The first kappa shape index (κ1) is 18.7. The van der Waals surface area contributed by atoms with Gasteiger partial charge in [0.2, 0.25) is 0 Å². The van der Waals surface area contributed by atoms with Crippen LogP contribution in [0.4, 0.5) is 4.79 Å². The van der Waals surface area contributed by atoms with Crippen molar-refractivity contribution in [3.63, 3.8) is 0 Å². The van der Waals surface area contributed by atoms with Crippen LogP contribution < -0.4 is 10.6 Å². The van der Waals surface area contributed by atoms with Gasteiger partial charge in [-0.1, -0.05) is 24.4 Å². The highest BCUT2D eigenvalue weighted by Gasteiger charge is 2.36. The van der Waals surface area contributed by atoms with Crippen molar-refractivity contribution >= 4 is 12.0 Å². The van der Waals surface area contributed by atoms with E-state index in [0.29, 0.717) is 18.2 Å². The molecule has 2 fully saturated rings. The van der Waals surface area contributed by atoms with Crippen molar-refractivity contribution in [2.24, 2.45) is 0 Å². The summed E-state index contributed by atoms with van der Waals surface area (Å²) in [6.07, 6.45) is 6.56. The fourth-order valence-corrected chi connectivity index (χ4v) is 3.39. The van der Waals surface area contributed by atoms with Gasteiger partial charge in [0.1, 0.15) is 11.4 Å². The third-order valence-corrected chi connectivity index (χ3v) is 4.90. The Bertz CT molecular complexity index is 652. The number of aromatic nitrogens is 1. The molecule has 2 N–H and O–H groups in total. The van der Waals surface area contributed by atoms with Crippen LogP contribution in [0, 0.1) is 0 Å². The minimum absolute atomic E-state index is 0.267. The first-order valence-electron chi connectivity index (χ1n) is 9.52. The van der Waals surface area contributed by atoms with Crippen LogP contribution in [0.5, 0.6) is 0 Å². The third kappa shape index (κ3) is 4.99. The minimum atomic E-state index is -0.552. The molecule has 0 radical (unpaired) electrons. The lowest BCUT2D eigenvalue weighted by atomic mass is 9.81. The Kier molecular flexibility index (Phi) is 5.25. The van der Waals surface area contributed by atoms with Crippen molar-refractivity contribution in [3.8, 4) is 0 Å². The molecule has 1 aromatic heterocycles. The van der Waals surface area contributed by atoms with Gasteiger partial charge in [-0.05, 0) is 46.5 Å². The Morgan fingerprint density at radius 1 is 1.27 bits per heavy atom. The Hall–Kier alpha value is -2.05. The van der Waals surface area contributed by atoms with Gasteiger partial charge in [-0.15, -0.1) is 0 Å². The number of nitrogens with one attached hydrogen (secondary N) is 2. The van der Waals surface area contributed by atoms with E-state index >= 15 is 0 Å². The van der Waals surface area contributed by atoms with Crippen LogP contribution in [-0.4, -0.2) is 34.8 Å². The summed E-state index contributed by atoms with van der Waals surface area (Å²) >= 11 is 0. The predicted octanol–water partition coefficient (Wildman–Crippen LogP) is 3.51. The molecule has 2 saturated carbocycles. The average molecular weight is 363 g/mol. The molecule has 7 nitrogen and oxygen atoms in total. The average Bonchev–Trinajstić information content (AvgIpc) is 3.29. The van der Waals surface area contributed by atoms with Crippen LogP contribution in [-0.2, 0) is 4.74 Å². The van der Waals surface area contributed by atoms with Gasteiger partial charge >= 0.3 is 6.09 Å². The number of nitrogens with zero attached hydrogens (tertiary/aromatic N) is 1. The Labute approximate surface area is 154 Å². The normalized spacial score (nSPS) is 19.7. The predicted molar refractivity (Wildman–Crippen MR) is 96.0 cm³/mol. The summed E-state index contributed by atoms with van der Waals surface area (Å²) < 4.78 is 10.6. The van der Waals surface area contributed by atoms with E-state index in [1.807, 2.05) is 20.8 Å². The molecule has 2 amide bonds. The lowest BCUT2D eigenvalue weighted by molar-refractivity contribution is 0.0419. The zero-order chi connectivity index (χ0) is 18.8. The van der Waals surface area contributed by atoms with Gasteiger partial charge in [-0.25, -0.2) is 4.79 Å². The molecule has 2 aliphatic rings. The van der Waals surface area contributed by atoms with Crippen LogP contribution >= 0.6 is 0 Å². The first-order chi connectivity index (χ1) is 12.3. The number of ether oxygens (including phenoxy) is 1. The third-order valence-electron chi connectivity index (χ3n) is 4.90. The van der Waals surface area contributed by atoms with Crippen LogP contribution in [0.1, 0.15) is 87.9 Å². The van der Waals surface area contributed by atoms with Gasteiger partial charge in [0.25, 0.3) is 5.91 Å². The molecule has 1 aromatic rings. The van der Waals surface area contributed by atoms with Gasteiger partial charge in [0.05, 0.1) is 5.54 Å². The Balaban J connectivity index is 1.60. The largest absolute Gasteiger partial charge is 0.444 e. The quantitative estimate of drug-likeness (QED) is 0.835. The molecular formula is C19H29N3O4. The van der Waals surface area contributed by atoms with Gasteiger partial charge in [-0.3, -0.25) is 4.79 Å². The molecule has 2 aliphatic carbocycles. The standard InChI is InChI=1S/C19H29N3O4/c1-18(2,3)25-17(24)21-19(9-5-4-6-10-19)12-20-16(23)14-11-15(26-22-14)13-7-8-13/h11,13H,4-10,12H2,1-3H3,(H,20,23)(H,21,24). The second-order valence-electron chi connectivity index (χ2n) is 8.54. The lowest BCUT2D eigenvalue weighted by Crippen LogP contribution is -2.57. The topological polar surface area (TPSA) is 93.5 Å². The Morgan fingerprint density at radius 3 is 2.58 bits per heavy atom. The summed E-state index contributed by atoms with van der Waals surface area (Å²) in [5.41, 5.74) is -0.724. The number of carbonyl (C=O) groups excluding carboxylic acids is 2. The number of amides is 2. The van der Waals surface area contributed by atoms with E-state index in [1.54, 1.807) is 6.07 Å². The second-order valence-corrected chi connectivity index (χ2v) is 8.54. The maximum absolute atomic E-state index is 12.4. The molecule has 26 heavy (non-hydrogen) atoms. The van der Waals surface area contributed by atoms with Crippen molar-refractivity contribution in [1.29, 1.82) is 0 Å². The molecule has 144 valence electrons. The first-order valence-corrected chi connectivity index (χ1v) is 9.52. The maximum atomic E-state index is 12.4. The van der Waals surface area contributed by atoms with Gasteiger partial charge in [-0.2, -0.15) is 0 Å². The molecule has 0 bridgehead atoms. The molecule has 3 rings (SSSR count). The number of carbonyl (C=O) groups is 2.